The number of likely N-dealkylation sites (N-methyl/N-ethyl adjacent to an activating group) is 1. The van der Waals surface area contributed by atoms with Crippen molar-refractivity contribution in [3.8, 4) is 0 Å². The molecule has 2 aromatic carbocycles. The molecule has 5 heteroatoms. The molecule has 1 aliphatic rings. The van der Waals surface area contributed by atoms with Crippen LogP contribution in [0.4, 0.5) is 10.1 Å². The second-order valence-electron chi connectivity index (χ2n) is 6.15. The predicted molar refractivity (Wildman–Crippen MR) is 93.7 cm³/mol. The summed E-state index contributed by atoms with van der Waals surface area (Å²) in [6.07, 6.45) is 0. The number of amides is 1. The van der Waals surface area contributed by atoms with Crippen LogP contribution in [0.15, 0.2) is 48.5 Å². The number of rotatable bonds is 4. The lowest BCUT2D eigenvalue weighted by molar-refractivity contribution is 0.0950. The molecule has 2 aromatic rings. The van der Waals surface area contributed by atoms with Crippen LogP contribution in [-0.2, 0) is 6.54 Å². The van der Waals surface area contributed by atoms with E-state index in [-0.39, 0.29) is 5.91 Å². The van der Waals surface area contributed by atoms with Gasteiger partial charge in [-0.25, -0.2) is 4.39 Å². The van der Waals surface area contributed by atoms with Gasteiger partial charge in [0.1, 0.15) is 5.82 Å². The normalized spacial score (nSPS) is 15.3. The van der Waals surface area contributed by atoms with Crippen LogP contribution in [0.25, 0.3) is 0 Å². The monoisotopic (exact) mass is 327 g/mol. The Bertz CT molecular complexity index is 694. The summed E-state index contributed by atoms with van der Waals surface area (Å²) in [5, 5.41) is 2.82. The zero-order valence-electron chi connectivity index (χ0n) is 13.8. The average Bonchev–Trinajstić information content (AvgIpc) is 2.61. The van der Waals surface area contributed by atoms with Gasteiger partial charge in [-0.2, -0.15) is 0 Å². The average molecular weight is 327 g/mol. The summed E-state index contributed by atoms with van der Waals surface area (Å²) in [5.74, 6) is -0.670. The van der Waals surface area contributed by atoms with Crippen LogP contribution in [0.5, 0.6) is 0 Å². The minimum Gasteiger partial charge on any atom is -0.369 e. The highest BCUT2D eigenvalue weighted by atomic mass is 19.1. The minimum absolute atomic E-state index is 0.266. The van der Waals surface area contributed by atoms with Gasteiger partial charge in [-0.1, -0.05) is 18.2 Å². The molecule has 1 heterocycles. The molecule has 1 saturated heterocycles. The molecule has 126 valence electrons. The molecule has 0 saturated carbocycles. The van der Waals surface area contributed by atoms with E-state index in [4.69, 9.17) is 0 Å². The van der Waals surface area contributed by atoms with E-state index in [1.54, 1.807) is 6.07 Å². The van der Waals surface area contributed by atoms with Crippen LogP contribution < -0.4 is 10.2 Å². The maximum Gasteiger partial charge on any atom is 0.251 e. The summed E-state index contributed by atoms with van der Waals surface area (Å²) in [5.41, 5.74) is 2.57. The van der Waals surface area contributed by atoms with Crippen LogP contribution >= 0.6 is 0 Å². The molecule has 0 atom stereocenters. The zero-order chi connectivity index (χ0) is 16.9. The van der Waals surface area contributed by atoms with E-state index in [1.165, 1.54) is 23.9 Å². The van der Waals surface area contributed by atoms with Crippen molar-refractivity contribution in [2.45, 2.75) is 6.54 Å². The van der Waals surface area contributed by atoms with Gasteiger partial charge in [-0.15, -0.1) is 0 Å². The Labute approximate surface area is 141 Å². The van der Waals surface area contributed by atoms with Crippen molar-refractivity contribution in [3.63, 3.8) is 0 Å². The van der Waals surface area contributed by atoms with Crippen molar-refractivity contribution in [2.75, 3.05) is 38.1 Å². The first-order valence-electron chi connectivity index (χ1n) is 8.18. The minimum atomic E-state index is -0.404. The van der Waals surface area contributed by atoms with Gasteiger partial charge in [0.05, 0.1) is 0 Å². The Balaban J connectivity index is 1.55. The third-order valence-corrected chi connectivity index (χ3v) is 4.34. The molecule has 4 nitrogen and oxygen atoms in total. The molecule has 0 unspecified atom stereocenters. The summed E-state index contributed by atoms with van der Waals surface area (Å²) in [4.78, 5) is 16.7. The standard InChI is InChI=1S/C19H22FN3O/c1-22-9-11-23(12-10-22)18-7-5-15(6-8-18)14-21-19(24)16-3-2-4-17(20)13-16/h2-8,13H,9-12,14H2,1H3,(H,21,24). The highest BCUT2D eigenvalue weighted by molar-refractivity contribution is 5.94. The fourth-order valence-corrected chi connectivity index (χ4v) is 2.80. The van der Waals surface area contributed by atoms with Gasteiger partial charge in [-0.3, -0.25) is 4.79 Å². The van der Waals surface area contributed by atoms with E-state index < -0.39 is 5.82 Å². The lowest BCUT2D eigenvalue weighted by Crippen LogP contribution is -2.44. The molecule has 0 aliphatic carbocycles. The van der Waals surface area contributed by atoms with Crippen LogP contribution in [0.1, 0.15) is 15.9 Å². The van der Waals surface area contributed by atoms with Crippen molar-refractivity contribution in [3.05, 3.63) is 65.5 Å². The first-order valence-corrected chi connectivity index (χ1v) is 8.18. The highest BCUT2D eigenvalue weighted by Gasteiger charge is 2.14. The lowest BCUT2D eigenvalue weighted by atomic mass is 10.1. The molecule has 0 spiro atoms. The lowest BCUT2D eigenvalue weighted by Gasteiger charge is -2.34. The van der Waals surface area contributed by atoms with Crippen molar-refractivity contribution in [1.29, 1.82) is 0 Å². The number of halogens is 1. The van der Waals surface area contributed by atoms with Gasteiger partial charge in [0.25, 0.3) is 5.91 Å². The second kappa shape index (κ2) is 7.45. The maximum absolute atomic E-state index is 13.1. The van der Waals surface area contributed by atoms with Gasteiger partial charge < -0.3 is 15.1 Å². The van der Waals surface area contributed by atoms with E-state index >= 15 is 0 Å². The van der Waals surface area contributed by atoms with Gasteiger partial charge in [0.2, 0.25) is 0 Å². The zero-order valence-corrected chi connectivity index (χ0v) is 13.8. The van der Waals surface area contributed by atoms with Crippen LogP contribution in [0, 0.1) is 5.82 Å². The number of hydrogen-bond acceptors (Lipinski definition) is 3. The van der Waals surface area contributed by atoms with E-state index in [0.29, 0.717) is 12.1 Å². The summed E-state index contributed by atoms with van der Waals surface area (Å²) in [6, 6.07) is 14.0. The third kappa shape index (κ3) is 4.11. The van der Waals surface area contributed by atoms with Crippen LogP contribution in [-0.4, -0.2) is 44.0 Å². The Morgan fingerprint density at radius 3 is 2.46 bits per heavy atom. The largest absolute Gasteiger partial charge is 0.369 e. The van der Waals surface area contributed by atoms with Crippen molar-refractivity contribution < 1.29 is 9.18 Å². The number of anilines is 1. The molecule has 3 rings (SSSR count). The number of carbonyl (C=O) groups excluding carboxylic acids is 1. The van der Waals surface area contributed by atoms with Crippen molar-refractivity contribution in [2.24, 2.45) is 0 Å². The number of carbonyl (C=O) groups is 1. The summed E-state index contributed by atoms with van der Waals surface area (Å²) in [6.45, 7) is 4.65. The summed E-state index contributed by atoms with van der Waals surface area (Å²) in [7, 11) is 2.14. The Kier molecular flexibility index (Phi) is 5.11. The molecule has 0 aromatic heterocycles. The molecular formula is C19H22FN3O. The Morgan fingerprint density at radius 2 is 1.79 bits per heavy atom. The highest BCUT2D eigenvalue weighted by Crippen LogP contribution is 2.17. The molecular weight excluding hydrogens is 305 g/mol. The Morgan fingerprint density at radius 1 is 1.08 bits per heavy atom. The topological polar surface area (TPSA) is 35.6 Å². The van der Waals surface area contributed by atoms with E-state index in [2.05, 4.69) is 34.3 Å². The van der Waals surface area contributed by atoms with E-state index in [9.17, 15) is 9.18 Å². The SMILES string of the molecule is CN1CCN(c2ccc(CNC(=O)c3cccc(F)c3)cc2)CC1. The van der Waals surface area contributed by atoms with Gasteiger partial charge in [-0.05, 0) is 42.9 Å². The smallest absolute Gasteiger partial charge is 0.251 e. The molecule has 1 aliphatic heterocycles. The van der Waals surface area contributed by atoms with Crippen LogP contribution in [0.3, 0.4) is 0 Å². The first kappa shape index (κ1) is 16.5. The van der Waals surface area contributed by atoms with Crippen molar-refractivity contribution >= 4 is 11.6 Å². The van der Waals surface area contributed by atoms with Gasteiger partial charge in [0.15, 0.2) is 0 Å². The molecule has 24 heavy (non-hydrogen) atoms. The number of benzene rings is 2. The van der Waals surface area contributed by atoms with Gasteiger partial charge >= 0.3 is 0 Å². The fraction of sp³-hybridized carbons (Fsp3) is 0.316. The number of hydrogen-bond donors (Lipinski definition) is 1. The number of nitrogens with one attached hydrogen (secondary N) is 1. The first-order chi connectivity index (χ1) is 11.6. The molecule has 0 radical (unpaired) electrons. The van der Waals surface area contributed by atoms with Gasteiger partial charge in [0, 0.05) is 44.0 Å². The Hall–Kier alpha value is -2.40. The molecule has 1 fully saturated rings. The number of nitrogens with zero attached hydrogens (tertiary/aromatic N) is 2. The predicted octanol–water partition coefficient (Wildman–Crippen LogP) is 2.51. The fourth-order valence-electron chi connectivity index (χ4n) is 2.80. The molecule has 1 amide bonds. The van der Waals surface area contributed by atoms with Crippen molar-refractivity contribution in [1.82, 2.24) is 10.2 Å². The summed E-state index contributed by atoms with van der Waals surface area (Å²) >= 11 is 0. The second-order valence-corrected chi connectivity index (χ2v) is 6.15. The quantitative estimate of drug-likeness (QED) is 0.937. The summed E-state index contributed by atoms with van der Waals surface area (Å²) < 4.78 is 13.1. The molecule has 1 N–H and O–H groups in total. The third-order valence-electron chi connectivity index (χ3n) is 4.34. The number of piperazine rings is 1. The molecule has 0 bridgehead atoms. The van der Waals surface area contributed by atoms with Crippen LogP contribution in [0.2, 0.25) is 0 Å². The maximum atomic E-state index is 13.1. The van der Waals surface area contributed by atoms with E-state index in [1.807, 2.05) is 12.1 Å². The van der Waals surface area contributed by atoms with E-state index in [0.717, 1.165) is 31.7 Å².